The molecule has 2 aromatic rings. The molecule has 2 atom stereocenters. The van der Waals surface area contributed by atoms with E-state index in [9.17, 15) is 4.79 Å². The van der Waals surface area contributed by atoms with Crippen molar-refractivity contribution in [1.29, 1.82) is 0 Å². The molecule has 2 heterocycles. The van der Waals surface area contributed by atoms with Gasteiger partial charge >= 0.3 is 5.43 Å². The first-order chi connectivity index (χ1) is 14.5. The van der Waals surface area contributed by atoms with E-state index >= 15 is 0 Å². The van der Waals surface area contributed by atoms with Crippen molar-refractivity contribution in [2.45, 2.75) is 45.3 Å². The van der Waals surface area contributed by atoms with Crippen LogP contribution < -0.4 is 4.74 Å². The summed E-state index contributed by atoms with van der Waals surface area (Å²) in [5.74, 6) is 0.599. The van der Waals surface area contributed by atoms with Crippen molar-refractivity contribution < 1.29 is 18.8 Å². The lowest BCUT2D eigenvalue weighted by molar-refractivity contribution is -0.953. The van der Waals surface area contributed by atoms with Gasteiger partial charge in [0.15, 0.2) is 0 Å². The number of unbranched alkanes of at least 4 members (excludes halogenated alkanes) is 3. The number of halogens is 1. The number of quaternary nitrogens is 1. The Morgan fingerprint density at radius 1 is 1.23 bits per heavy atom. The second kappa shape index (κ2) is 10.9. The van der Waals surface area contributed by atoms with Crippen molar-refractivity contribution in [3.63, 3.8) is 0 Å². The van der Waals surface area contributed by atoms with E-state index in [1.54, 1.807) is 0 Å². The van der Waals surface area contributed by atoms with E-state index in [0.29, 0.717) is 23.5 Å². The number of carbonyl (C=O) groups excluding carboxylic acids is 1. The van der Waals surface area contributed by atoms with Gasteiger partial charge in [0.2, 0.25) is 0 Å². The van der Waals surface area contributed by atoms with E-state index in [-0.39, 0.29) is 0 Å². The van der Waals surface area contributed by atoms with Crippen LogP contribution >= 0.6 is 23.3 Å². The average Bonchev–Trinajstić information content (AvgIpc) is 3.21. The lowest BCUT2D eigenvalue weighted by atomic mass is 10.0. The van der Waals surface area contributed by atoms with Crippen LogP contribution in [0, 0.1) is 0 Å². The highest BCUT2D eigenvalue weighted by molar-refractivity contribution is 6.99. The summed E-state index contributed by atoms with van der Waals surface area (Å²) in [5, 5.41) is 0. The van der Waals surface area contributed by atoms with E-state index in [1.807, 2.05) is 30.3 Å². The summed E-state index contributed by atoms with van der Waals surface area (Å²) < 4.78 is 20.9. The molecule has 0 saturated carbocycles. The Morgan fingerprint density at radius 2 is 2.03 bits per heavy atom. The normalized spacial score (nSPS) is 19.8. The number of likely N-dealkylation sites (N-methyl/N-ethyl adjacent to an activating group) is 1. The third-order valence-corrected chi connectivity index (χ3v) is 6.02. The first-order valence-electron chi connectivity index (χ1n) is 10.4. The minimum atomic E-state index is -0.800. The maximum atomic E-state index is 11.6. The van der Waals surface area contributed by atoms with Crippen molar-refractivity contribution in [3.05, 3.63) is 47.7 Å². The number of rotatable bonds is 10. The van der Waals surface area contributed by atoms with Gasteiger partial charge in [0.25, 0.3) is 12.1 Å². The monoisotopic (exact) mass is 450 g/mol. The van der Waals surface area contributed by atoms with Crippen LogP contribution in [0.15, 0.2) is 36.4 Å². The second-order valence-corrected chi connectivity index (χ2v) is 8.66. The second-order valence-electron chi connectivity index (χ2n) is 7.82. The molecule has 3 rings (SSSR count). The predicted octanol–water partition coefficient (Wildman–Crippen LogP) is 5.81. The molecule has 8 heteroatoms. The highest BCUT2D eigenvalue weighted by Crippen LogP contribution is 2.37. The highest BCUT2D eigenvalue weighted by atomic mass is 35.5. The van der Waals surface area contributed by atoms with Gasteiger partial charge in [-0.2, -0.15) is 4.37 Å². The van der Waals surface area contributed by atoms with E-state index in [0.717, 1.165) is 54.4 Å². The van der Waals surface area contributed by atoms with Crippen LogP contribution in [0.2, 0.25) is 0 Å². The smallest absolute Gasteiger partial charge is 0.408 e. The molecule has 1 aromatic heterocycles. The quantitative estimate of drug-likeness (QED) is 0.260. The van der Waals surface area contributed by atoms with Gasteiger partial charge in [-0.1, -0.05) is 50.5 Å². The number of benzene rings is 1. The zero-order chi connectivity index (χ0) is 21.4. The number of nitrogens with zero attached hydrogens (tertiary/aromatic N) is 3. The summed E-state index contributed by atoms with van der Waals surface area (Å²) >= 11 is 6.80. The molecule has 0 saturated heterocycles. The molecule has 0 aliphatic carbocycles. The van der Waals surface area contributed by atoms with Crippen LogP contribution in [0.5, 0.6) is 5.88 Å². The minimum Gasteiger partial charge on any atom is -0.475 e. The fourth-order valence-electron chi connectivity index (χ4n) is 3.87. The molecule has 0 radical (unpaired) electrons. The van der Waals surface area contributed by atoms with Crippen molar-refractivity contribution in [2.24, 2.45) is 0 Å². The zero-order valence-corrected chi connectivity index (χ0v) is 19.1. The highest BCUT2D eigenvalue weighted by Gasteiger charge is 2.40. The number of hydrogen-bond donors (Lipinski definition) is 0. The summed E-state index contributed by atoms with van der Waals surface area (Å²) in [6.45, 7) is 4.30. The molecule has 0 bridgehead atoms. The topological polar surface area (TPSA) is 61.3 Å². The van der Waals surface area contributed by atoms with Gasteiger partial charge in [0.05, 0.1) is 37.5 Å². The summed E-state index contributed by atoms with van der Waals surface area (Å²) in [5.41, 5.74) is 1.97. The molecule has 1 aliphatic rings. The molecule has 0 spiro atoms. The van der Waals surface area contributed by atoms with E-state index in [1.165, 1.54) is 12.8 Å². The molecule has 162 valence electrons. The van der Waals surface area contributed by atoms with Gasteiger partial charge in [-0.05, 0) is 18.6 Å². The first-order valence-corrected chi connectivity index (χ1v) is 11.5. The van der Waals surface area contributed by atoms with Crippen LogP contribution in [-0.4, -0.2) is 45.4 Å². The molecule has 30 heavy (non-hydrogen) atoms. The third-order valence-electron chi connectivity index (χ3n) is 5.42. The molecular formula is C22H29ClN3O3S+. The molecule has 0 amide bonds. The minimum absolute atomic E-state index is 0.488. The van der Waals surface area contributed by atoms with Crippen LogP contribution in [-0.2, 0) is 4.74 Å². The summed E-state index contributed by atoms with van der Waals surface area (Å²) in [6, 6.07) is 9.73. The van der Waals surface area contributed by atoms with Crippen molar-refractivity contribution in [2.75, 3.05) is 26.7 Å². The lowest BCUT2D eigenvalue weighted by Gasteiger charge is -2.42. The Labute approximate surface area is 187 Å². The van der Waals surface area contributed by atoms with Crippen LogP contribution in [0.3, 0.4) is 0 Å². The predicted molar refractivity (Wildman–Crippen MR) is 120 cm³/mol. The molecule has 1 aromatic carbocycles. The Balaban J connectivity index is 1.76. The summed E-state index contributed by atoms with van der Waals surface area (Å²) in [6.07, 6.45) is 7.11. The maximum Gasteiger partial charge on any atom is 0.408 e. The lowest BCUT2D eigenvalue weighted by Crippen LogP contribution is -2.51. The van der Waals surface area contributed by atoms with Crippen molar-refractivity contribution in [1.82, 2.24) is 8.75 Å². The standard InChI is InChI=1S/C22H29ClN3O3S/c1-3-4-5-9-15-28-20-19(24-30-25-20)18-13-10-14-26(2,16-18)21(29-22(23)27)17-11-7-6-8-12-17/h6-8,11-13,21H,3-5,9-10,14-16H2,1-2H3/q+1/t21-,26?/m0/s1. The third kappa shape index (κ3) is 5.80. The molecular weight excluding hydrogens is 422 g/mol. The van der Waals surface area contributed by atoms with Gasteiger partial charge < -0.3 is 9.47 Å². The number of carbonyl (C=O) groups is 1. The summed E-state index contributed by atoms with van der Waals surface area (Å²) in [4.78, 5) is 11.6. The van der Waals surface area contributed by atoms with Crippen LogP contribution in [0.25, 0.3) is 5.57 Å². The van der Waals surface area contributed by atoms with Crippen LogP contribution in [0.1, 0.15) is 56.5 Å². The van der Waals surface area contributed by atoms with Crippen LogP contribution in [0.4, 0.5) is 4.79 Å². The van der Waals surface area contributed by atoms with Gasteiger partial charge in [0.1, 0.15) is 12.2 Å². The van der Waals surface area contributed by atoms with E-state index in [4.69, 9.17) is 21.1 Å². The van der Waals surface area contributed by atoms with Gasteiger partial charge in [-0.15, -0.1) is 4.37 Å². The van der Waals surface area contributed by atoms with Gasteiger partial charge in [0, 0.05) is 23.6 Å². The Kier molecular flexibility index (Phi) is 8.24. The Hall–Kier alpha value is -1.96. The fraction of sp³-hybridized carbons (Fsp3) is 0.500. The Morgan fingerprint density at radius 3 is 2.77 bits per heavy atom. The zero-order valence-electron chi connectivity index (χ0n) is 17.6. The average molecular weight is 451 g/mol. The number of ether oxygens (including phenoxy) is 2. The van der Waals surface area contributed by atoms with E-state index < -0.39 is 11.7 Å². The number of aromatic nitrogens is 2. The van der Waals surface area contributed by atoms with Crippen molar-refractivity contribution in [3.8, 4) is 5.88 Å². The molecule has 1 unspecified atom stereocenters. The Bertz CT molecular complexity index is 858. The summed E-state index contributed by atoms with van der Waals surface area (Å²) in [7, 11) is 2.08. The molecule has 6 nitrogen and oxygen atoms in total. The first kappa shape index (κ1) is 22.7. The largest absolute Gasteiger partial charge is 0.475 e. The van der Waals surface area contributed by atoms with Gasteiger partial charge in [-0.25, -0.2) is 4.79 Å². The molecule has 1 aliphatic heterocycles. The van der Waals surface area contributed by atoms with Crippen molar-refractivity contribution >= 4 is 34.3 Å². The SMILES string of the molecule is CCCCCCOc1nsnc1C1=CCC[N+](C)([C@@H](OC(=O)Cl)c2ccccc2)C1. The molecule has 0 fully saturated rings. The van der Waals surface area contributed by atoms with Gasteiger partial charge in [-0.3, -0.25) is 4.48 Å². The maximum absolute atomic E-state index is 11.6. The fourth-order valence-corrected chi connectivity index (χ4v) is 4.48. The molecule has 0 N–H and O–H groups in total. The van der Waals surface area contributed by atoms with E-state index in [2.05, 4.69) is 28.8 Å². The number of hydrogen-bond acceptors (Lipinski definition) is 6.